The van der Waals surface area contributed by atoms with Crippen molar-refractivity contribution in [3.05, 3.63) is 71.2 Å². The number of nitrogen functional groups attached to an aromatic ring is 1. The van der Waals surface area contributed by atoms with Crippen LogP contribution in [0.1, 0.15) is 15.2 Å². The van der Waals surface area contributed by atoms with Crippen LogP contribution in [-0.2, 0) is 0 Å². The highest BCUT2D eigenvalue weighted by molar-refractivity contribution is 7.17. The number of hydrogen-bond acceptors (Lipinski definition) is 5. The van der Waals surface area contributed by atoms with Crippen molar-refractivity contribution in [3.63, 3.8) is 0 Å². The van der Waals surface area contributed by atoms with Gasteiger partial charge in [-0.1, -0.05) is 29.5 Å². The van der Waals surface area contributed by atoms with Crippen LogP contribution in [0.25, 0.3) is 0 Å². The second-order valence-electron chi connectivity index (χ2n) is 4.47. The standard InChI is InChI=1S/C16H13N3OS/c17-12-8-6-11(7-9-12)15(20)14-10-18-16(21-14)19-13-4-2-1-3-5-13/h1-10H,17H2,(H,18,19). The molecule has 0 aliphatic heterocycles. The van der Waals surface area contributed by atoms with E-state index in [0.717, 1.165) is 5.69 Å². The number of nitrogens with two attached hydrogens (primary N) is 1. The van der Waals surface area contributed by atoms with E-state index in [1.165, 1.54) is 11.3 Å². The number of aromatic nitrogens is 1. The first-order valence-corrected chi connectivity index (χ1v) is 7.22. The molecule has 0 amide bonds. The molecule has 3 N–H and O–H groups in total. The predicted molar refractivity (Wildman–Crippen MR) is 86.1 cm³/mol. The highest BCUT2D eigenvalue weighted by Gasteiger charge is 2.13. The molecule has 0 radical (unpaired) electrons. The van der Waals surface area contributed by atoms with Gasteiger partial charge in [-0.25, -0.2) is 4.98 Å². The number of hydrogen-bond donors (Lipinski definition) is 2. The quantitative estimate of drug-likeness (QED) is 0.569. The third-order valence-corrected chi connectivity index (χ3v) is 3.84. The summed E-state index contributed by atoms with van der Waals surface area (Å²) in [5.41, 5.74) is 7.82. The average Bonchev–Trinajstić information content (AvgIpc) is 2.97. The number of nitrogens with one attached hydrogen (secondary N) is 1. The number of benzene rings is 2. The van der Waals surface area contributed by atoms with E-state index in [0.29, 0.717) is 21.3 Å². The summed E-state index contributed by atoms with van der Waals surface area (Å²) in [6, 6.07) is 16.6. The highest BCUT2D eigenvalue weighted by atomic mass is 32.1. The lowest BCUT2D eigenvalue weighted by molar-refractivity contribution is 0.104. The van der Waals surface area contributed by atoms with Crippen LogP contribution in [0, 0.1) is 0 Å². The van der Waals surface area contributed by atoms with Crippen molar-refractivity contribution >= 4 is 33.6 Å². The van der Waals surface area contributed by atoms with E-state index in [4.69, 9.17) is 5.73 Å². The summed E-state index contributed by atoms with van der Waals surface area (Å²) in [6.45, 7) is 0. The fraction of sp³-hybridized carbons (Fsp3) is 0. The normalized spacial score (nSPS) is 10.3. The van der Waals surface area contributed by atoms with Gasteiger partial charge in [0.15, 0.2) is 5.13 Å². The van der Waals surface area contributed by atoms with Crippen molar-refractivity contribution in [3.8, 4) is 0 Å². The summed E-state index contributed by atoms with van der Waals surface area (Å²) in [6.07, 6.45) is 1.59. The van der Waals surface area contributed by atoms with Gasteiger partial charge in [0.05, 0.1) is 11.1 Å². The number of ketones is 1. The van der Waals surface area contributed by atoms with Crippen molar-refractivity contribution in [1.82, 2.24) is 4.98 Å². The first kappa shape index (κ1) is 13.3. The first-order chi connectivity index (χ1) is 10.2. The van der Waals surface area contributed by atoms with E-state index >= 15 is 0 Å². The van der Waals surface area contributed by atoms with Gasteiger partial charge in [0, 0.05) is 16.9 Å². The van der Waals surface area contributed by atoms with Gasteiger partial charge in [-0.2, -0.15) is 0 Å². The Labute approximate surface area is 126 Å². The van der Waals surface area contributed by atoms with Crippen LogP contribution in [0.3, 0.4) is 0 Å². The van der Waals surface area contributed by atoms with Crippen molar-refractivity contribution in [2.45, 2.75) is 0 Å². The Morgan fingerprint density at radius 3 is 2.48 bits per heavy atom. The van der Waals surface area contributed by atoms with Gasteiger partial charge in [-0.05, 0) is 36.4 Å². The molecule has 0 spiro atoms. The number of anilines is 3. The smallest absolute Gasteiger partial charge is 0.204 e. The largest absolute Gasteiger partial charge is 0.399 e. The number of rotatable bonds is 4. The van der Waals surface area contributed by atoms with Gasteiger partial charge < -0.3 is 11.1 Å². The Bertz CT molecular complexity index is 751. The van der Waals surface area contributed by atoms with E-state index in [9.17, 15) is 4.79 Å². The van der Waals surface area contributed by atoms with Crippen LogP contribution < -0.4 is 11.1 Å². The molecule has 1 aromatic heterocycles. The van der Waals surface area contributed by atoms with Crippen LogP contribution in [0.5, 0.6) is 0 Å². The molecule has 1 heterocycles. The Morgan fingerprint density at radius 2 is 1.76 bits per heavy atom. The lowest BCUT2D eigenvalue weighted by Crippen LogP contribution is -1.98. The van der Waals surface area contributed by atoms with E-state index in [2.05, 4.69) is 10.3 Å². The SMILES string of the molecule is Nc1ccc(C(=O)c2cnc(Nc3ccccc3)s2)cc1. The van der Waals surface area contributed by atoms with Gasteiger partial charge in [-0.3, -0.25) is 4.79 Å². The van der Waals surface area contributed by atoms with Crippen LogP contribution in [0.15, 0.2) is 60.8 Å². The topological polar surface area (TPSA) is 68.0 Å². The Hall–Kier alpha value is -2.66. The van der Waals surface area contributed by atoms with Gasteiger partial charge in [-0.15, -0.1) is 0 Å². The van der Waals surface area contributed by atoms with Gasteiger partial charge in [0.2, 0.25) is 5.78 Å². The van der Waals surface area contributed by atoms with Crippen molar-refractivity contribution in [2.24, 2.45) is 0 Å². The molecule has 0 saturated heterocycles. The number of carbonyl (C=O) groups is 1. The number of thiazole rings is 1. The summed E-state index contributed by atoms with van der Waals surface area (Å²) in [5, 5.41) is 3.87. The molecule has 0 saturated carbocycles. The van der Waals surface area contributed by atoms with Crippen LogP contribution in [0.4, 0.5) is 16.5 Å². The zero-order valence-electron chi connectivity index (χ0n) is 11.1. The molecule has 2 aromatic carbocycles. The van der Waals surface area contributed by atoms with Crippen LogP contribution in [0.2, 0.25) is 0 Å². The maximum absolute atomic E-state index is 12.3. The second kappa shape index (κ2) is 5.76. The van der Waals surface area contributed by atoms with E-state index in [1.807, 2.05) is 30.3 Å². The summed E-state index contributed by atoms with van der Waals surface area (Å²) < 4.78 is 0. The number of para-hydroxylation sites is 1. The monoisotopic (exact) mass is 295 g/mol. The van der Waals surface area contributed by atoms with Gasteiger partial charge in [0.1, 0.15) is 0 Å². The van der Waals surface area contributed by atoms with Crippen molar-refractivity contribution in [1.29, 1.82) is 0 Å². The molecule has 104 valence electrons. The lowest BCUT2D eigenvalue weighted by Gasteiger charge is -2.00. The maximum atomic E-state index is 12.3. The molecular weight excluding hydrogens is 282 g/mol. The molecule has 0 bridgehead atoms. The molecule has 0 aliphatic carbocycles. The first-order valence-electron chi connectivity index (χ1n) is 6.40. The molecule has 5 heteroatoms. The Morgan fingerprint density at radius 1 is 1.05 bits per heavy atom. The third kappa shape index (κ3) is 3.09. The summed E-state index contributed by atoms with van der Waals surface area (Å²) in [5.74, 6) is -0.0476. The molecule has 3 rings (SSSR count). The molecular formula is C16H13N3OS. The van der Waals surface area contributed by atoms with E-state index in [-0.39, 0.29) is 5.78 Å². The van der Waals surface area contributed by atoms with Crippen LogP contribution in [-0.4, -0.2) is 10.8 Å². The molecule has 0 unspecified atom stereocenters. The fourth-order valence-corrected chi connectivity index (χ4v) is 2.66. The molecule has 0 aliphatic rings. The Balaban J connectivity index is 1.78. The minimum Gasteiger partial charge on any atom is -0.399 e. The van der Waals surface area contributed by atoms with Crippen molar-refractivity contribution < 1.29 is 4.79 Å². The fourth-order valence-electron chi connectivity index (χ4n) is 1.86. The molecule has 4 nitrogen and oxygen atoms in total. The minimum absolute atomic E-state index is 0.0476. The lowest BCUT2D eigenvalue weighted by atomic mass is 10.1. The molecule has 3 aromatic rings. The zero-order chi connectivity index (χ0) is 14.7. The minimum atomic E-state index is -0.0476. The van der Waals surface area contributed by atoms with Gasteiger partial charge in [0.25, 0.3) is 0 Å². The number of nitrogens with zero attached hydrogens (tertiary/aromatic N) is 1. The van der Waals surface area contributed by atoms with E-state index < -0.39 is 0 Å². The molecule has 21 heavy (non-hydrogen) atoms. The molecule has 0 atom stereocenters. The van der Waals surface area contributed by atoms with E-state index in [1.54, 1.807) is 30.5 Å². The second-order valence-corrected chi connectivity index (χ2v) is 5.50. The maximum Gasteiger partial charge on any atom is 0.204 e. The molecule has 0 fully saturated rings. The number of carbonyl (C=O) groups excluding carboxylic acids is 1. The third-order valence-electron chi connectivity index (χ3n) is 2.93. The summed E-state index contributed by atoms with van der Waals surface area (Å²) in [7, 11) is 0. The summed E-state index contributed by atoms with van der Waals surface area (Å²) >= 11 is 1.33. The Kier molecular flexibility index (Phi) is 3.66. The predicted octanol–water partition coefficient (Wildman–Crippen LogP) is 3.70. The van der Waals surface area contributed by atoms with Crippen molar-refractivity contribution in [2.75, 3.05) is 11.1 Å². The zero-order valence-corrected chi connectivity index (χ0v) is 11.9. The van der Waals surface area contributed by atoms with Crippen LogP contribution >= 0.6 is 11.3 Å². The average molecular weight is 295 g/mol. The van der Waals surface area contributed by atoms with Gasteiger partial charge >= 0.3 is 0 Å². The summed E-state index contributed by atoms with van der Waals surface area (Å²) in [4.78, 5) is 17.2. The highest BCUT2D eigenvalue weighted by Crippen LogP contribution is 2.24.